The molecule has 1 atom stereocenters. The molecule has 2 fully saturated rings. The second-order valence-corrected chi connectivity index (χ2v) is 7.23. The maximum atomic E-state index is 13.3. The molecule has 1 unspecified atom stereocenters. The van der Waals surface area contributed by atoms with Gasteiger partial charge in [-0.15, -0.1) is 12.4 Å². The van der Waals surface area contributed by atoms with Crippen LogP contribution in [0.1, 0.15) is 42.5 Å². The number of carbonyl (C=O) groups is 1. The van der Waals surface area contributed by atoms with Crippen LogP contribution in [0, 0.1) is 5.41 Å². The fourth-order valence-electron chi connectivity index (χ4n) is 4.22. The van der Waals surface area contributed by atoms with Crippen molar-refractivity contribution < 1.29 is 4.79 Å². The summed E-state index contributed by atoms with van der Waals surface area (Å²) < 4.78 is 3.78. The Balaban J connectivity index is 0.00000196. The number of nitrogens with one attached hydrogen (secondary N) is 1. The summed E-state index contributed by atoms with van der Waals surface area (Å²) in [5.41, 5.74) is 0.939. The van der Waals surface area contributed by atoms with E-state index in [1.807, 2.05) is 24.3 Å². The number of imidazole rings is 1. The van der Waals surface area contributed by atoms with Gasteiger partial charge in [-0.3, -0.25) is 9.48 Å². The molecule has 1 aliphatic heterocycles. The van der Waals surface area contributed by atoms with Gasteiger partial charge in [0.15, 0.2) is 0 Å². The minimum Gasteiger partial charge on any atom is -0.334 e. The van der Waals surface area contributed by atoms with Gasteiger partial charge in [-0.1, -0.05) is 0 Å². The molecule has 1 N–H and O–H groups in total. The average Bonchev–Trinajstić information content (AvgIpc) is 2.99. The number of hydrogen-bond acceptors (Lipinski definition) is 4. The van der Waals surface area contributed by atoms with Gasteiger partial charge in [0.1, 0.15) is 11.5 Å². The molecule has 4 rings (SSSR count). The quantitative estimate of drug-likeness (QED) is 0.862. The van der Waals surface area contributed by atoms with E-state index < -0.39 is 0 Å². The van der Waals surface area contributed by atoms with Crippen LogP contribution in [0.5, 0.6) is 0 Å². The first-order valence-electron chi connectivity index (χ1n) is 9.14. The maximum absolute atomic E-state index is 13.3. The summed E-state index contributed by atoms with van der Waals surface area (Å²) in [5.74, 6) is 1.01. The van der Waals surface area contributed by atoms with E-state index in [2.05, 4.69) is 26.9 Å². The van der Waals surface area contributed by atoms with Crippen molar-refractivity contribution in [1.29, 1.82) is 0 Å². The summed E-state index contributed by atoms with van der Waals surface area (Å²) in [4.78, 5) is 19.8. The molecular formula is C18H27ClN6O. The van der Waals surface area contributed by atoms with E-state index in [1.165, 1.54) is 0 Å². The lowest BCUT2D eigenvalue weighted by molar-refractivity contribution is 0.0673. The Morgan fingerprint density at radius 1 is 1.38 bits per heavy atom. The van der Waals surface area contributed by atoms with Gasteiger partial charge in [-0.05, 0) is 50.8 Å². The first-order valence-corrected chi connectivity index (χ1v) is 9.14. The van der Waals surface area contributed by atoms with Crippen molar-refractivity contribution in [3.05, 3.63) is 36.2 Å². The van der Waals surface area contributed by atoms with E-state index in [0.29, 0.717) is 23.7 Å². The topological polar surface area (TPSA) is 68.0 Å². The van der Waals surface area contributed by atoms with Crippen molar-refractivity contribution in [3.63, 3.8) is 0 Å². The lowest BCUT2D eigenvalue weighted by atomic mass is 9.93. The van der Waals surface area contributed by atoms with Crippen molar-refractivity contribution >= 4 is 18.3 Å². The smallest absolute Gasteiger partial charge is 0.272 e. The number of nitrogens with zero attached hydrogens (tertiary/aromatic N) is 5. The maximum Gasteiger partial charge on any atom is 0.272 e. The molecule has 1 aliphatic carbocycles. The van der Waals surface area contributed by atoms with Crippen LogP contribution in [-0.2, 0) is 20.1 Å². The Morgan fingerprint density at radius 2 is 2.15 bits per heavy atom. The van der Waals surface area contributed by atoms with Crippen LogP contribution in [0.25, 0.3) is 0 Å². The van der Waals surface area contributed by atoms with Gasteiger partial charge in [0, 0.05) is 38.2 Å². The first kappa shape index (κ1) is 18.9. The summed E-state index contributed by atoms with van der Waals surface area (Å²) in [7, 11) is 1.82. The van der Waals surface area contributed by atoms with E-state index in [1.54, 1.807) is 16.9 Å². The number of carbonyl (C=O) groups excluding carboxylic acids is 1. The van der Waals surface area contributed by atoms with Gasteiger partial charge in [0.2, 0.25) is 0 Å². The highest BCUT2D eigenvalue weighted by Gasteiger charge is 2.58. The van der Waals surface area contributed by atoms with Gasteiger partial charge in [-0.25, -0.2) is 4.98 Å². The lowest BCUT2D eigenvalue weighted by Crippen LogP contribution is -2.40. The lowest BCUT2D eigenvalue weighted by Gasteiger charge is -2.29. The molecular weight excluding hydrogens is 352 g/mol. The van der Waals surface area contributed by atoms with E-state index in [9.17, 15) is 4.79 Å². The van der Waals surface area contributed by atoms with E-state index in [0.717, 1.165) is 44.7 Å². The Morgan fingerprint density at radius 3 is 2.81 bits per heavy atom. The van der Waals surface area contributed by atoms with Crippen molar-refractivity contribution in [3.8, 4) is 0 Å². The third-order valence-corrected chi connectivity index (χ3v) is 5.88. The predicted molar refractivity (Wildman–Crippen MR) is 101 cm³/mol. The number of aromatic nitrogens is 4. The van der Waals surface area contributed by atoms with Gasteiger partial charge in [0.05, 0.1) is 6.54 Å². The van der Waals surface area contributed by atoms with Gasteiger partial charge in [0.25, 0.3) is 5.91 Å². The molecule has 142 valence electrons. The molecule has 2 aliphatic rings. The standard InChI is InChI=1S/C18H26N6O.ClH/c1-3-23-11-10-20-16(23)13-24(17(25)14-4-7-21-22(14)2)15-12-18(15)5-8-19-9-6-18;/h4,7,10-11,15,19H,3,5-6,8-9,12-13H2,1-2H3;1H. The molecule has 2 aromatic heterocycles. The van der Waals surface area contributed by atoms with Crippen molar-refractivity contribution in [2.45, 2.75) is 45.3 Å². The molecule has 3 heterocycles. The Labute approximate surface area is 160 Å². The highest BCUT2D eigenvalue weighted by atomic mass is 35.5. The molecule has 1 spiro atoms. The normalized spacial score (nSPS) is 20.6. The monoisotopic (exact) mass is 378 g/mol. The van der Waals surface area contributed by atoms with E-state index in [4.69, 9.17) is 0 Å². The van der Waals surface area contributed by atoms with Crippen LogP contribution in [0.4, 0.5) is 0 Å². The summed E-state index contributed by atoms with van der Waals surface area (Å²) >= 11 is 0. The van der Waals surface area contributed by atoms with Crippen molar-refractivity contribution in [2.75, 3.05) is 13.1 Å². The minimum absolute atomic E-state index is 0. The third-order valence-electron chi connectivity index (χ3n) is 5.88. The van der Waals surface area contributed by atoms with Crippen LogP contribution in [-0.4, -0.2) is 49.3 Å². The molecule has 26 heavy (non-hydrogen) atoms. The molecule has 0 radical (unpaired) electrons. The second kappa shape index (κ2) is 7.40. The molecule has 1 saturated heterocycles. The fraction of sp³-hybridized carbons (Fsp3) is 0.611. The van der Waals surface area contributed by atoms with Crippen LogP contribution in [0.2, 0.25) is 0 Å². The third kappa shape index (κ3) is 3.25. The number of hydrogen-bond donors (Lipinski definition) is 1. The molecule has 2 aromatic rings. The fourth-order valence-corrected chi connectivity index (χ4v) is 4.22. The summed E-state index contributed by atoms with van der Waals surface area (Å²) in [6.45, 7) is 5.62. The molecule has 1 amide bonds. The summed E-state index contributed by atoms with van der Waals surface area (Å²) in [5, 5.41) is 7.61. The van der Waals surface area contributed by atoms with Crippen molar-refractivity contribution in [1.82, 2.24) is 29.5 Å². The Bertz CT molecular complexity index is 763. The van der Waals surface area contributed by atoms with Crippen molar-refractivity contribution in [2.24, 2.45) is 12.5 Å². The zero-order valence-electron chi connectivity index (χ0n) is 15.4. The Hall–Kier alpha value is -1.86. The SMILES string of the molecule is CCn1ccnc1CN(C(=O)c1ccnn1C)C1CC12CCNCC2.Cl. The zero-order chi connectivity index (χ0) is 17.4. The Kier molecular flexibility index (Phi) is 5.39. The average molecular weight is 379 g/mol. The largest absolute Gasteiger partial charge is 0.334 e. The second-order valence-electron chi connectivity index (χ2n) is 7.23. The van der Waals surface area contributed by atoms with Crippen LogP contribution < -0.4 is 5.32 Å². The first-order chi connectivity index (χ1) is 12.1. The van der Waals surface area contributed by atoms with Gasteiger partial charge >= 0.3 is 0 Å². The zero-order valence-corrected chi connectivity index (χ0v) is 16.2. The van der Waals surface area contributed by atoms with Gasteiger partial charge in [-0.2, -0.15) is 5.10 Å². The predicted octanol–water partition coefficient (Wildman–Crippen LogP) is 1.84. The molecule has 1 saturated carbocycles. The minimum atomic E-state index is 0. The highest BCUT2D eigenvalue weighted by Crippen LogP contribution is 2.56. The van der Waals surface area contributed by atoms with Gasteiger partial charge < -0.3 is 14.8 Å². The molecule has 0 aromatic carbocycles. The van der Waals surface area contributed by atoms with E-state index in [-0.39, 0.29) is 18.3 Å². The number of rotatable bonds is 5. The summed E-state index contributed by atoms with van der Waals surface area (Å²) in [6.07, 6.45) is 8.88. The van der Waals surface area contributed by atoms with Crippen LogP contribution in [0.3, 0.4) is 0 Å². The number of halogens is 1. The highest BCUT2D eigenvalue weighted by molar-refractivity contribution is 5.93. The number of aryl methyl sites for hydroxylation is 2. The molecule has 8 heteroatoms. The van der Waals surface area contributed by atoms with Crippen LogP contribution in [0.15, 0.2) is 24.7 Å². The molecule has 0 bridgehead atoms. The number of piperidine rings is 1. The van der Waals surface area contributed by atoms with E-state index >= 15 is 0 Å². The number of amides is 1. The molecule has 7 nitrogen and oxygen atoms in total. The summed E-state index contributed by atoms with van der Waals surface area (Å²) in [6, 6.07) is 2.11. The van der Waals surface area contributed by atoms with Crippen LogP contribution >= 0.6 is 12.4 Å².